The molecule has 144 valence electrons. The Morgan fingerprint density at radius 1 is 1.04 bits per heavy atom. The quantitative estimate of drug-likeness (QED) is 0.619. The van der Waals surface area contributed by atoms with Gasteiger partial charge >= 0.3 is 0 Å². The van der Waals surface area contributed by atoms with Gasteiger partial charge in [0.05, 0.1) is 10.7 Å². The van der Waals surface area contributed by atoms with Crippen molar-refractivity contribution in [2.75, 3.05) is 11.4 Å². The van der Waals surface area contributed by atoms with E-state index in [-0.39, 0.29) is 5.41 Å². The summed E-state index contributed by atoms with van der Waals surface area (Å²) < 4.78 is 0. The van der Waals surface area contributed by atoms with Crippen molar-refractivity contribution in [3.63, 3.8) is 0 Å². The summed E-state index contributed by atoms with van der Waals surface area (Å²) in [4.78, 5) is 2.31. The van der Waals surface area contributed by atoms with Crippen molar-refractivity contribution < 1.29 is 0 Å². The van der Waals surface area contributed by atoms with E-state index in [4.69, 9.17) is 23.2 Å². The van der Waals surface area contributed by atoms with Crippen molar-refractivity contribution in [1.82, 2.24) is 20.6 Å². The molecule has 1 aliphatic heterocycles. The highest BCUT2D eigenvalue weighted by molar-refractivity contribution is 6.34. The molecule has 1 spiro atoms. The van der Waals surface area contributed by atoms with Gasteiger partial charge in [-0.3, -0.25) is 0 Å². The van der Waals surface area contributed by atoms with Crippen LogP contribution in [0.4, 0.5) is 11.4 Å². The van der Waals surface area contributed by atoms with Gasteiger partial charge in [-0.1, -0.05) is 59.8 Å². The van der Waals surface area contributed by atoms with Crippen molar-refractivity contribution >= 4 is 34.6 Å². The summed E-state index contributed by atoms with van der Waals surface area (Å²) in [5.41, 5.74) is 4.94. The number of fused-ring (bicyclic) bond motifs is 4. The van der Waals surface area contributed by atoms with Crippen LogP contribution in [0.1, 0.15) is 49.1 Å². The fourth-order valence-corrected chi connectivity index (χ4v) is 5.44. The van der Waals surface area contributed by atoms with Gasteiger partial charge in [0.2, 0.25) is 0 Å². The van der Waals surface area contributed by atoms with Gasteiger partial charge in [0, 0.05) is 29.1 Å². The zero-order valence-electron chi connectivity index (χ0n) is 15.5. The van der Waals surface area contributed by atoms with Crippen molar-refractivity contribution in [3.8, 4) is 0 Å². The largest absolute Gasteiger partial charge is 0.339 e. The van der Waals surface area contributed by atoms with Crippen LogP contribution in [0, 0.1) is 0 Å². The lowest BCUT2D eigenvalue weighted by molar-refractivity contribution is 0.343. The van der Waals surface area contributed by atoms with E-state index in [0.29, 0.717) is 12.2 Å². The van der Waals surface area contributed by atoms with Gasteiger partial charge in [0.15, 0.2) is 5.82 Å². The second-order valence-electron chi connectivity index (χ2n) is 7.67. The molecule has 1 aliphatic carbocycles. The second kappa shape index (κ2) is 7.05. The number of aromatic amines is 1. The van der Waals surface area contributed by atoms with E-state index in [1.807, 2.05) is 12.1 Å². The number of rotatable bonds is 3. The number of halogens is 2. The van der Waals surface area contributed by atoms with Crippen molar-refractivity contribution in [1.29, 1.82) is 0 Å². The lowest BCUT2D eigenvalue weighted by Gasteiger charge is -2.48. The van der Waals surface area contributed by atoms with Crippen molar-refractivity contribution in [2.45, 2.75) is 43.9 Å². The number of aromatic nitrogens is 4. The predicted molar refractivity (Wildman–Crippen MR) is 112 cm³/mol. The Hall–Kier alpha value is -2.11. The molecule has 0 atom stereocenters. The molecule has 1 fully saturated rings. The predicted octanol–water partition coefficient (Wildman–Crippen LogP) is 5.45. The van der Waals surface area contributed by atoms with Gasteiger partial charge < -0.3 is 4.90 Å². The first-order valence-electron chi connectivity index (χ1n) is 9.78. The Morgan fingerprint density at radius 3 is 2.68 bits per heavy atom. The Kier molecular flexibility index (Phi) is 4.52. The maximum atomic E-state index is 6.78. The highest BCUT2D eigenvalue weighted by Crippen LogP contribution is 2.57. The van der Waals surface area contributed by atoms with Gasteiger partial charge in [0.1, 0.15) is 0 Å². The Bertz CT molecular complexity index is 992. The zero-order valence-corrected chi connectivity index (χ0v) is 17.0. The summed E-state index contributed by atoms with van der Waals surface area (Å²) in [7, 11) is 0. The molecule has 7 heteroatoms. The van der Waals surface area contributed by atoms with Gasteiger partial charge in [-0.15, -0.1) is 10.2 Å². The highest BCUT2D eigenvalue weighted by Gasteiger charge is 2.44. The van der Waals surface area contributed by atoms with Crippen LogP contribution < -0.4 is 4.90 Å². The Balaban J connectivity index is 1.68. The number of nitrogens with zero attached hydrogens (tertiary/aromatic N) is 4. The normalized spacial score (nSPS) is 17.4. The van der Waals surface area contributed by atoms with Crippen LogP contribution in [0.5, 0.6) is 0 Å². The van der Waals surface area contributed by atoms with E-state index in [9.17, 15) is 0 Å². The summed E-state index contributed by atoms with van der Waals surface area (Å²) in [5, 5.41) is 16.0. The molecule has 1 aromatic heterocycles. The third kappa shape index (κ3) is 2.80. The minimum atomic E-state index is -0.0125. The minimum Gasteiger partial charge on any atom is -0.339 e. The lowest BCUT2D eigenvalue weighted by atomic mass is 9.63. The molecular formula is C21H21Cl2N5. The maximum Gasteiger partial charge on any atom is 0.176 e. The number of hydrogen-bond donors (Lipinski definition) is 1. The average Bonchev–Trinajstić information content (AvgIpc) is 3.23. The molecule has 0 bridgehead atoms. The zero-order chi connectivity index (χ0) is 19.1. The summed E-state index contributed by atoms with van der Waals surface area (Å²) in [6, 6.07) is 12.6. The van der Waals surface area contributed by atoms with Gasteiger partial charge in [0.25, 0.3) is 0 Å². The SMILES string of the molecule is Clc1ccc2c(c1)C1(CCCCC1)c1cccc(Cl)c1N2CCc1nn[nH]n1. The van der Waals surface area contributed by atoms with Crippen molar-refractivity contribution in [2.24, 2.45) is 0 Å². The second-order valence-corrected chi connectivity index (χ2v) is 8.51. The van der Waals surface area contributed by atoms with E-state index < -0.39 is 0 Å². The van der Waals surface area contributed by atoms with Crippen LogP contribution in [0.15, 0.2) is 36.4 Å². The minimum absolute atomic E-state index is 0.0125. The summed E-state index contributed by atoms with van der Waals surface area (Å²) in [6.45, 7) is 0.723. The van der Waals surface area contributed by atoms with E-state index in [0.717, 1.165) is 35.1 Å². The molecule has 3 aromatic rings. The van der Waals surface area contributed by atoms with Gasteiger partial charge in [-0.25, -0.2) is 0 Å². The standard InChI is InChI=1S/C21H21Cl2N5/c22-14-7-8-18-16(13-14)21(10-2-1-3-11-21)15-5-4-6-17(23)20(15)28(18)12-9-19-24-26-27-25-19/h4-8,13H,1-3,9-12H2,(H,24,25,26,27). The third-order valence-corrected chi connectivity index (χ3v) is 6.73. The van der Waals surface area contributed by atoms with E-state index >= 15 is 0 Å². The third-order valence-electron chi connectivity index (χ3n) is 6.19. The molecule has 2 heterocycles. The number of benzene rings is 2. The maximum absolute atomic E-state index is 6.78. The number of tetrazole rings is 1. The van der Waals surface area contributed by atoms with Crippen LogP contribution in [-0.4, -0.2) is 27.2 Å². The molecule has 0 amide bonds. The lowest BCUT2D eigenvalue weighted by Crippen LogP contribution is -2.39. The molecular weight excluding hydrogens is 393 g/mol. The monoisotopic (exact) mass is 413 g/mol. The van der Waals surface area contributed by atoms with Crippen LogP contribution in [0.2, 0.25) is 10.0 Å². The molecule has 2 aliphatic rings. The molecule has 2 aromatic carbocycles. The van der Waals surface area contributed by atoms with E-state index in [1.165, 1.54) is 36.1 Å². The molecule has 0 saturated heterocycles. The van der Waals surface area contributed by atoms with Crippen LogP contribution in [-0.2, 0) is 11.8 Å². The van der Waals surface area contributed by atoms with E-state index in [1.54, 1.807) is 0 Å². The first-order valence-corrected chi connectivity index (χ1v) is 10.5. The van der Waals surface area contributed by atoms with Gasteiger partial charge in [-0.05, 0) is 48.2 Å². The smallest absolute Gasteiger partial charge is 0.176 e. The van der Waals surface area contributed by atoms with E-state index in [2.05, 4.69) is 49.8 Å². The fraction of sp³-hybridized carbons (Fsp3) is 0.381. The molecule has 28 heavy (non-hydrogen) atoms. The highest BCUT2D eigenvalue weighted by atomic mass is 35.5. The number of anilines is 2. The van der Waals surface area contributed by atoms with Crippen LogP contribution in [0.3, 0.4) is 0 Å². The molecule has 0 radical (unpaired) electrons. The first kappa shape index (κ1) is 18.0. The number of hydrogen-bond acceptors (Lipinski definition) is 4. The average molecular weight is 414 g/mol. The van der Waals surface area contributed by atoms with Crippen molar-refractivity contribution in [3.05, 3.63) is 63.4 Å². The number of H-pyrrole nitrogens is 1. The molecule has 0 unspecified atom stereocenters. The first-order chi connectivity index (χ1) is 13.7. The topological polar surface area (TPSA) is 57.7 Å². The summed E-state index contributed by atoms with van der Waals surface area (Å²) in [5.74, 6) is 0.696. The number of nitrogens with one attached hydrogen (secondary N) is 1. The summed E-state index contributed by atoms with van der Waals surface area (Å²) in [6.07, 6.45) is 6.67. The van der Waals surface area contributed by atoms with Crippen LogP contribution >= 0.6 is 23.2 Å². The van der Waals surface area contributed by atoms with Gasteiger partial charge in [-0.2, -0.15) is 5.21 Å². The molecule has 1 saturated carbocycles. The molecule has 5 rings (SSSR count). The Labute approximate surface area is 174 Å². The van der Waals surface area contributed by atoms with Crippen LogP contribution in [0.25, 0.3) is 0 Å². The Morgan fingerprint density at radius 2 is 1.89 bits per heavy atom. The fourth-order valence-electron chi connectivity index (χ4n) is 4.99. The molecule has 1 N–H and O–H groups in total. The summed E-state index contributed by atoms with van der Waals surface area (Å²) >= 11 is 13.2. The molecule has 5 nitrogen and oxygen atoms in total. The number of para-hydroxylation sites is 1.